The number of pyridine rings is 1. The van der Waals surface area contributed by atoms with Crippen molar-refractivity contribution in [2.75, 3.05) is 0 Å². The van der Waals surface area contributed by atoms with Crippen LogP contribution in [0.2, 0.25) is 0 Å². The first-order chi connectivity index (χ1) is 13.2. The average Bonchev–Trinajstić information content (AvgIpc) is 3.37. The molecule has 0 radical (unpaired) electrons. The van der Waals surface area contributed by atoms with Crippen LogP contribution in [0.25, 0.3) is 21.6 Å². The lowest BCUT2D eigenvalue weighted by atomic mass is 10.1. The topological polar surface area (TPSA) is 80.8 Å². The number of esters is 1. The van der Waals surface area contributed by atoms with Gasteiger partial charge in [-0.3, -0.25) is 0 Å². The minimum absolute atomic E-state index is 0.379. The number of rotatable bonds is 4. The Morgan fingerprint density at radius 2 is 2.11 bits per heavy atom. The smallest absolute Gasteiger partial charge is 0.344 e. The van der Waals surface area contributed by atoms with Crippen LogP contribution >= 0.6 is 11.3 Å². The van der Waals surface area contributed by atoms with Crippen LogP contribution in [0.4, 0.5) is 0 Å². The highest BCUT2D eigenvalue weighted by molar-refractivity contribution is 7.13. The van der Waals surface area contributed by atoms with E-state index in [-0.39, 0.29) is 0 Å². The predicted molar refractivity (Wildman–Crippen MR) is 103 cm³/mol. The van der Waals surface area contributed by atoms with E-state index in [1.54, 1.807) is 52.5 Å². The van der Waals surface area contributed by atoms with Gasteiger partial charge in [0.25, 0.3) is 0 Å². The Labute approximate surface area is 159 Å². The number of nitrogens with zero attached hydrogens (tertiary/aromatic N) is 4. The van der Waals surface area contributed by atoms with Crippen molar-refractivity contribution in [3.8, 4) is 22.4 Å². The monoisotopic (exact) mass is 374 g/mol. The Hall–Kier alpha value is -3.50. The van der Waals surface area contributed by atoms with E-state index >= 15 is 0 Å². The van der Waals surface area contributed by atoms with Gasteiger partial charge in [0.15, 0.2) is 5.65 Å². The number of benzene rings is 1. The normalized spacial score (nSPS) is 10.7. The second-order valence-corrected chi connectivity index (χ2v) is 6.70. The van der Waals surface area contributed by atoms with Gasteiger partial charge >= 0.3 is 5.97 Å². The molecule has 0 fully saturated rings. The molecule has 1 aromatic carbocycles. The fourth-order valence-electron chi connectivity index (χ4n) is 2.76. The summed E-state index contributed by atoms with van der Waals surface area (Å²) < 4.78 is 7.27. The maximum absolute atomic E-state index is 12.9. The second kappa shape index (κ2) is 7.02. The summed E-state index contributed by atoms with van der Waals surface area (Å²) in [6, 6.07) is 14.1. The highest BCUT2D eigenvalue weighted by Crippen LogP contribution is 2.28. The summed E-state index contributed by atoms with van der Waals surface area (Å²) in [4.78, 5) is 18.5. The van der Waals surface area contributed by atoms with E-state index in [1.165, 1.54) is 0 Å². The van der Waals surface area contributed by atoms with Crippen molar-refractivity contribution in [1.29, 1.82) is 5.26 Å². The van der Waals surface area contributed by atoms with Crippen LogP contribution < -0.4 is 4.74 Å². The van der Waals surface area contributed by atoms with E-state index in [9.17, 15) is 4.79 Å². The van der Waals surface area contributed by atoms with Gasteiger partial charge in [-0.1, -0.05) is 6.07 Å². The Bertz CT molecular complexity index is 1160. The van der Waals surface area contributed by atoms with Crippen molar-refractivity contribution < 1.29 is 9.53 Å². The number of carbonyl (C=O) groups is 1. The van der Waals surface area contributed by atoms with Gasteiger partial charge < -0.3 is 4.74 Å². The summed E-state index contributed by atoms with van der Waals surface area (Å²) in [5, 5.41) is 15.8. The molecule has 0 saturated carbocycles. The molecule has 0 aliphatic heterocycles. The number of hydrogen-bond donors (Lipinski definition) is 0. The highest BCUT2D eigenvalue weighted by Gasteiger charge is 2.19. The van der Waals surface area contributed by atoms with Crippen LogP contribution in [0.3, 0.4) is 0 Å². The van der Waals surface area contributed by atoms with Crippen LogP contribution in [0.5, 0.6) is 5.75 Å². The lowest BCUT2D eigenvalue weighted by Gasteiger charge is -2.08. The summed E-state index contributed by atoms with van der Waals surface area (Å²) in [6.07, 6.45) is 1.64. The van der Waals surface area contributed by atoms with Gasteiger partial charge in [-0.15, -0.1) is 11.3 Å². The number of hydrogen-bond acceptors (Lipinski definition) is 6. The molecule has 6 nitrogen and oxygen atoms in total. The SMILES string of the molecule is CCn1ncc2c(C(=O)Oc3ccc(C#N)cc3)cc(-c3cccs3)nc21. The average molecular weight is 374 g/mol. The van der Waals surface area contributed by atoms with E-state index in [0.717, 1.165) is 4.88 Å². The molecule has 3 heterocycles. The van der Waals surface area contributed by atoms with Gasteiger partial charge in [0.05, 0.1) is 39.4 Å². The maximum Gasteiger partial charge on any atom is 0.344 e. The molecule has 0 aliphatic rings. The molecular formula is C20H14N4O2S. The van der Waals surface area contributed by atoms with Gasteiger partial charge in [-0.25, -0.2) is 14.5 Å². The van der Waals surface area contributed by atoms with Crippen molar-refractivity contribution in [3.05, 3.63) is 65.2 Å². The summed E-state index contributed by atoms with van der Waals surface area (Å²) in [6.45, 7) is 2.62. The number of nitriles is 1. The molecule has 0 bridgehead atoms. The maximum atomic E-state index is 12.9. The minimum Gasteiger partial charge on any atom is -0.423 e. The molecule has 3 aromatic heterocycles. The first kappa shape index (κ1) is 16.9. The number of fused-ring (bicyclic) bond motifs is 1. The standard InChI is InChI=1S/C20H14N4O2S/c1-2-24-19-16(12-22-24)15(10-17(23-19)18-4-3-9-27-18)20(25)26-14-7-5-13(11-21)6-8-14/h3-10,12H,2H2,1H3. The molecule has 27 heavy (non-hydrogen) atoms. The molecule has 7 heteroatoms. The number of ether oxygens (including phenoxy) is 1. The van der Waals surface area contributed by atoms with Gasteiger partial charge in [0, 0.05) is 6.54 Å². The van der Waals surface area contributed by atoms with Crippen molar-refractivity contribution in [2.24, 2.45) is 0 Å². The zero-order chi connectivity index (χ0) is 18.8. The van der Waals surface area contributed by atoms with Crippen LogP contribution in [0.15, 0.2) is 54.0 Å². The largest absolute Gasteiger partial charge is 0.423 e. The van der Waals surface area contributed by atoms with Crippen molar-refractivity contribution >= 4 is 28.3 Å². The molecule has 0 atom stereocenters. The molecule has 4 aromatic rings. The summed E-state index contributed by atoms with van der Waals surface area (Å²) >= 11 is 1.55. The second-order valence-electron chi connectivity index (χ2n) is 5.76. The molecular weight excluding hydrogens is 360 g/mol. The van der Waals surface area contributed by atoms with Gasteiger partial charge in [0.2, 0.25) is 0 Å². The van der Waals surface area contributed by atoms with E-state index in [0.29, 0.717) is 40.1 Å². The number of aromatic nitrogens is 3. The lowest BCUT2D eigenvalue weighted by molar-refractivity contribution is 0.0737. The number of thiophene rings is 1. The zero-order valence-electron chi connectivity index (χ0n) is 14.4. The molecule has 4 rings (SSSR count). The van der Waals surface area contributed by atoms with Crippen LogP contribution in [0.1, 0.15) is 22.8 Å². The molecule has 0 N–H and O–H groups in total. The van der Waals surface area contributed by atoms with E-state index in [2.05, 4.69) is 10.1 Å². The minimum atomic E-state index is -0.486. The third-order valence-corrected chi connectivity index (χ3v) is 4.99. The van der Waals surface area contributed by atoms with Gasteiger partial charge in [-0.2, -0.15) is 10.4 Å². The van der Waals surface area contributed by atoms with E-state index < -0.39 is 5.97 Å². The molecule has 0 saturated heterocycles. The summed E-state index contributed by atoms with van der Waals surface area (Å²) in [7, 11) is 0. The van der Waals surface area contributed by atoms with E-state index in [4.69, 9.17) is 10.00 Å². The Morgan fingerprint density at radius 3 is 2.78 bits per heavy atom. The Balaban J connectivity index is 1.78. The molecule has 0 spiro atoms. The zero-order valence-corrected chi connectivity index (χ0v) is 15.2. The van der Waals surface area contributed by atoms with Crippen molar-refractivity contribution in [3.63, 3.8) is 0 Å². The van der Waals surface area contributed by atoms with Crippen molar-refractivity contribution in [2.45, 2.75) is 13.5 Å². The molecule has 0 aliphatic carbocycles. The third-order valence-electron chi connectivity index (χ3n) is 4.10. The fraction of sp³-hybridized carbons (Fsp3) is 0.100. The fourth-order valence-corrected chi connectivity index (χ4v) is 3.44. The Morgan fingerprint density at radius 1 is 1.30 bits per heavy atom. The van der Waals surface area contributed by atoms with Crippen molar-refractivity contribution in [1.82, 2.24) is 14.8 Å². The lowest BCUT2D eigenvalue weighted by Crippen LogP contribution is -2.10. The molecule has 0 amide bonds. The Kier molecular flexibility index (Phi) is 4.40. The summed E-state index contributed by atoms with van der Waals surface area (Å²) in [5.41, 5.74) is 2.27. The third kappa shape index (κ3) is 3.18. The number of carbonyl (C=O) groups excluding carboxylic acids is 1. The van der Waals surface area contributed by atoms with E-state index in [1.807, 2.05) is 30.5 Å². The highest BCUT2D eigenvalue weighted by atomic mass is 32.1. The van der Waals surface area contributed by atoms with Crippen LogP contribution in [0, 0.1) is 11.3 Å². The predicted octanol–water partition coefficient (Wildman–Crippen LogP) is 4.27. The van der Waals surface area contributed by atoms with Crippen LogP contribution in [-0.4, -0.2) is 20.7 Å². The first-order valence-corrected chi connectivity index (χ1v) is 9.20. The van der Waals surface area contributed by atoms with Crippen LogP contribution in [-0.2, 0) is 6.54 Å². The molecule has 132 valence electrons. The first-order valence-electron chi connectivity index (χ1n) is 8.32. The number of aryl methyl sites for hydroxylation is 1. The quantitative estimate of drug-likeness (QED) is 0.394. The molecule has 0 unspecified atom stereocenters. The van der Waals surface area contributed by atoms with Gasteiger partial charge in [-0.05, 0) is 48.7 Å². The van der Waals surface area contributed by atoms with Gasteiger partial charge in [0.1, 0.15) is 5.75 Å². The summed E-state index contributed by atoms with van der Waals surface area (Å²) in [5.74, 6) is -0.106.